The number of ether oxygens (including phenoxy) is 1. The number of nitrogens with one attached hydrogen (secondary N) is 3. The molecular formula is C26H23N3O3S. The number of hydrogen-bond donors (Lipinski definition) is 3. The van der Waals surface area contributed by atoms with Crippen LogP contribution in [0, 0.1) is 0 Å². The van der Waals surface area contributed by atoms with Gasteiger partial charge in [-0.1, -0.05) is 30.3 Å². The van der Waals surface area contributed by atoms with Crippen LogP contribution in [0.3, 0.4) is 0 Å². The van der Waals surface area contributed by atoms with Gasteiger partial charge < -0.3 is 20.4 Å². The third kappa shape index (κ3) is 4.32. The van der Waals surface area contributed by atoms with Crippen LogP contribution >= 0.6 is 11.8 Å². The van der Waals surface area contributed by atoms with Gasteiger partial charge in [0.1, 0.15) is 5.75 Å². The van der Waals surface area contributed by atoms with Crippen molar-refractivity contribution < 1.29 is 14.3 Å². The third-order valence-corrected chi connectivity index (χ3v) is 6.93. The summed E-state index contributed by atoms with van der Waals surface area (Å²) in [5.74, 6) is 0.899. The fourth-order valence-corrected chi connectivity index (χ4v) is 4.94. The number of rotatable bonds is 6. The first-order valence-corrected chi connectivity index (χ1v) is 11.7. The maximum absolute atomic E-state index is 13.0. The second kappa shape index (κ2) is 9.03. The van der Waals surface area contributed by atoms with Crippen LogP contribution in [0.15, 0.2) is 77.8 Å². The Morgan fingerprint density at radius 3 is 2.76 bits per heavy atom. The molecule has 3 aromatic carbocycles. The van der Waals surface area contributed by atoms with Crippen molar-refractivity contribution in [1.29, 1.82) is 0 Å². The molecule has 6 nitrogen and oxygen atoms in total. The number of anilines is 1. The average molecular weight is 458 g/mol. The number of carbonyl (C=O) groups is 2. The Morgan fingerprint density at radius 2 is 1.94 bits per heavy atom. The van der Waals surface area contributed by atoms with Crippen LogP contribution in [0.4, 0.5) is 5.69 Å². The van der Waals surface area contributed by atoms with Crippen molar-refractivity contribution >= 4 is 40.2 Å². The number of fused-ring (bicyclic) bond motifs is 2. The summed E-state index contributed by atoms with van der Waals surface area (Å²) >= 11 is 1.48. The Bertz CT molecular complexity index is 1330. The summed E-state index contributed by atoms with van der Waals surface area (Å²) in [6, 6.07) is 21.5. The number of amides is 2. The van der Waals surface area contributed by atoms with Crippen LogP contribution < -0.4 is 15.4 Å². The minimum Gasteiger partial charge on any atom is -0.497 e. The topological polar surface area (TPSA) is 83.2 Å². The van der Waals surface area contributed by atoms with E-state index in [0.717, 1.165) is 32.7 Å². The van der Waals surface area contributed by atoms with E-state index >= 15 is 0 Å². The predicted octanol–water partition coefficient (Wildman–Crippen LogP) is 4.78. The van der Waals surface area contributed by atoms with Crippen molar-refractivity contribution in [2.75, 3.05) is 24.7 Å². The van der Waals surface area contributed by atoms with Gasteiger partial charge in [0, 0.05) is 40.0 Å². The molecular weight excluding hydrogens is 434 g/mol. The van der Waals surface area contributed by atoms with Gasteiger partial charge in [-0.25, -0.2) is 0 Å². The molecule has 0 fully saturated rings. The number of para-hydroxylation sites is 1. The summed E-state index contributed by atoms with van der Waals surface area (Å²) in [6.07, 6.45) is 2.01. The largest absolute Gasteiger partial charge is 0.497 e. The van der Waals surface area contributed by atoms with E-state index < -0.39 is 0 Å². The standard InChI is InChI=1S/C26H23N3O3S/c1-32-18-9-6-16(7-10-18)20(21-14-27-22-5-3-2-4-19(21)22)13-28-26(31)17-8-11-24-23(12-17)29-25(30)15-33-24/h2-12,14,20,27H,13,15H2,1H3,(H,28,31)(H,29,30). The lowest BCUT2D eigenvalue weighted by Gasteiger charge is -2.20. The van der Waals surface area contributed by atoms with E-state index in [1.54, 1.807) is 19.2 Å². The van der Waals surface area contributed by atoms with Gasteiger partial charge in [0.25, 0.3) is 5.91 Å². The second-order valence-corrected chi connectivity index (χ2v) is 8.89. The quantitative estimate of drug-likeness (QED) is 0.389. The van der Waals surface area contributed by atoms with E-state index in [1.165, 1.54) is 11.8 Å². The molecule has 33 heavy (non-hydrogen) atoms. The molecule has 0 saturated heterocycles. The summed E-state index contributed by atoms with van der Waals surface area (Å²) in [5, 5.41) is 7.06. The lowest BCUT2D eigenvalue weighted by Crippen LogP contribution is -2.29. The monoisotopic (exact) mass is 457 g/mol. The molecule has 1 unspecified atom stereocenters. The van der Waals surface area contributed by atoms with Crippen LogP contribution in [-0.2, 0) is 4.79 Å². The SMILES string of the molecule is COc1ccc(C(CNC(=O)c2ccc3c(c2)NC(=O)CS3)c2c[nH]c3ccccc23)cc1. The van der Waals surface area contributed by atoms with E-state index in [9.17, 15) is 9.59 Å². The molecule has 1 aliphatic heterocycles. The van der Waals surface area contributed by atoms with Crippen molar-refractivity contribution in [3.63, 3.8) is 0 Å². The molecule has 166 valence electrons. The van der Waals surface area contributed by atoms with Crippen molar-refractivity contribution in [2.45, 2.75) is 10.8 Å². The van der Waals surface area contributed by atoms with E-state index in [4.69, 9.17) is 4.74 Å². The number of H-pyrrole nitrogens is 1. The second-order valence-electron chi connectivity index (χ2n) is 7.87. The highest BCUT2D eigenvalue weighted by Gasteiger charge is 2.21. The van der Waals surface area contributed by atoms with E-state index in [-0.39, 0.29) is 17.7 Å². The zero-order valence-electron chi connectivity index (χ0n) is 18.1. The van der Waals surface area contributed by atoms with E-state index in [1.807, 2.05) is 54.7 Å². The van der Waals surface area contributed by atoms with Gasteiger partial charge in [-0.2, -0.15) is 0 Å². The fourth-order valence-electron chi connectivity index (χ4n) is 4.15. The molecule has 0 saturated carbocycles. The normalized spacial score (nSPS) is 13.8. The lowest BCUT2D eigenvalue weighted by atomic mass is 9.90. The van der Waals surface area contributed by atoms with Gasteiger partial charge in [0.05, 0.1) is 18.6 Å². The number of methoxy groups -OCH3 is 1. The average Bonchev–Trinajstić information content (AvgIpc) is 3.28. The van der Waals surface area contributed by atoms with Gasteiger partial charge in [0.15, 0.2) is 0 Å². The number of carbonyl (C=O) groups excluding carboxylic acids is 2. The summed E-state index contributed by atoms with van der Waals surface area (Å²) < 4.78 is 5.31. The summed E-state index contributed by atoms with van der Waals surface area (Å²) in [6.45, 7) is 0.422. The molecule has 5 rings (SSSR count). The molecule has 0 spiro atoms. The smallest absolute Gasteiger partial charge is 0.251 e. The molecule has 2 heterocycles. The highest BCUT2D eigenvalue weighted by Crippen LogP contribution is 2.33. The molecule has 4 aromatic rings. The highest BCUT2D eigenvalue weighted by molar-refractivity contribution is 8.00. The Balaban J connectivity index is 1.42. The highest BCUT2D eigenvalue weighted by atomic mass is 32.2. The zero-order valence-corrected chi connectivity index (χ0v) is 18.9. The van der Waals surface area contributed by atoms with Crippen molar-refractivity contribution in [3.8, 4) is 5.75 Å². The van der Waals surface area contributed by atoms with Crippen molar-refractivity contribution in [3.05, 3.63) is 89.6 Å². The van der Waals surface area contributed by atoms with Crippen LogP contribution in [0.1, 0.15) is 27.4 Å². The molecule has 0 radical (unpaired) electrons. The molecule has 1 atom stereocenters. The van der Waals surface area contributed by atoms with Gasteiger partial charge in [0.2, 0.25) is 5.91 Å². The minimum atomic E-state index is -0.180. The first-order chi connectivity index (χ1) is 16.1. The molecule has 1 aliphatic rings. The first-order valence-electron chi connectivity index (χ1n) is 10.7. The third-order valence-electron chi connectivity index (χ3n) is 5.86. The Morgan fingerprint density at radius 1 is 1.12 bits per heavy atom. The molecule has 0 bridgehead atoms. The lowest BCUT2D eigenvalue weighted by molar-refractivity contribution is -0.113. The zero-order chi connectivity index (χ0) is 22.8. The fraction of sp³-hybridized carbons (Fsp3) is 0.154. The van der Waals surface area contributed by atoms with Crippen LogP contribution in [0.25, 0.3) is 10.9 Å². The summed E-state index contributed by atoms with van der Waals surface area (Å²) in [4.78, 5) is 29.1. The Labute approximate surface area is 195 Å². The van der Waals surface area contributed by atoms with E-state index in [0.29, 0.717) is 23.5 Å². The van der Waals surface area contributed by atoms with Crippen molar-refractivity contribution in [1.82, 2.24) is 10.3 Å². The van der Waals surface area contributed by atoms with Gasteiger partial charge in [-0.3, -0.25) is 9.59 Å². The Hall–Kier alpha value is -3.71. The summed E-state index contributed by atoms with van der Waals surface area (Å²) in [7, 11) is 1.64. The van der Waals surface area contributed by atoms with Crippen LogP contribution in [-0.4, -0.2) is 36.2 Å². The number of aromatic amines is 1. The predicted molar refractivity (Wildman–Crippen MR) is 131 cm³/mol. The van der Waals surface area contributed by atoms with Crippen LogP contribution in [0.2, 0.25) is 0 Å². The van der Waals surface area contributed by atoms with Crippen molar-refractivity contribution in [2.24, 2.45) is 0 Å². The van der Waals surface area contributed by atoms with Crippen LogP contribution in [0.5, 0.6) is 5.75 Å². The number of benzene rings is 3. The molecule has 3 N–H and O–H groups in total. The maximum Gasteiger partial charge on any atom is 0.251 e. The minimum absolute atomic E-state index is 0.0519. The number of aromatic nitrogens is 1. The van der Waals surface area contributed by atoms with Gasteiger partial charge >= 0.3 is 0 Å². The number of hydrogen-bond acceptors (Lipinski definition) is 4. The first kappa shape index (κ1) is 21.2. The molecule has 2 amide bonds. The summed E-state index contributed by atoms with van der Waals surface area (Å²) in [5.41, 5.74) is 4.46. The molecule has 7 heteroatoms. The van der Waals surface area contributed by atoms with Gasteiger partial charge in [-0.05, 0) is 47.5 Å². The van der Waals surface area contributed by atoms with E-state index in [2.05, 4.69) is 21.7 Å². The Kier molecular flexibility index (Phi) is 5.79. The maximum atomic E-state index is 13.0. The molecule has 1 aromatic heterocycles. The molecule has 0 aliphatic carbocycles. The van der Waals surface area contributed by atoms with Gasteiger partial charge in [-0.15, -0.1) is 11.8 Å². The number of thioether (sulfide) groups is 1.